The van der Waals surface area contributed by atoms with E-state index in [0.717, 1.165) is 19.9 Å². The molecule has 2 rings (SSSR count). The summed E-state index contributed by atoms with van der Waals surface area (Å²) in [4.78, 5) is 0. The Bertz CT molecular complexity index is 362. The Balaban J connectivity index is 2.23. The topological polar surface area (TPSA) is 18.5 Å². The highest BCUT2D eigenvalue weighted by molar-refractivity contribution is 6.69. The summed E-state index contributed by atoms with van der Waals surface area (Å²) in [6.07, 6.45) is 11.9. The van der Waals surface area contributed by atoms with Crippen LogP contribution in [0, 0.1) is 0 Å². The maximum atomic E-state index is 6.80. The van der Waals surface area contributed by atoms with E-state index in [2.05, 4.69) is 33.5 Å². The predicted molar refractivity (Wildman–Crippen MR) is 113 cm³/mol. The van der Waals surface area contributed by atoms with Gasteiger partial charge in [-0.15, -0.1) is 0 Å². The summed E-state index contributed by atoms with van der Waals surface area (Å²) in [6.45, 7) is 15.3. The lowest BCUT2D eigenvalue weighted by Gasteiger charge is -2.58. The summed E-state index contributed by atoms with van der Waals surface area (Å²) < 4.78 is 13.5. The maximum absolute atomic E-state index is 6.80. The van der Waals surface area contributed by atoms with E-state index in [1.807, 2.05) is 0 Å². The molecule has 0 radical (unpaired) electrons. The minimum Gasteiger partial charge on any atom is -0.376 e. The van der Waals surface area contributed by atoms with Crippen LogP contribution in [0.25, 0.3) is 0 Å². The largest absolute Gasteiger partial charge is 0.376 e. The molecular weight excluding hydrogens is 327 g/mol. The molecule has 24 heavy (non-hydrogen) atoms. The van der Waals surface area contributed by atoms with Crippen molar-refractivity contribution < 1.29 is 9.47 Å². The standard InChI is InChI=1S/C19H41BO2Si2/c1-6-20(7-2)14-17-24(5)19(13-9-11-16-22-19)18(23(3)4)12-8-10-15-21-18/h23-24H,6-17H2,1-5H3. The van der Waals surface area contributed by atoms with Crippen molar-refractivity contribution in [2.75, 3.05) is 13.2 Å². The Morgan fingerprint density at radius 1 is 0.833 bits per heavy atom. The van der Waals surface area contributed by atoms with E-state index >= 15 is 0 Å². The van der Waals surface area contributed by atoms with Gasteiger partial charge in [0, 0.05) is 13.2 Å². The molecule has 0 saturated carbocycles. The Hall–Kier alpha value is 0.419. The molecule has 0 aromatic carbocycles. The van der Waals surface area contributed by atoms with Crippen LogP contribution in [0.4, 0.5) is 0 Å². The first-order valence-electron chi connectivity index (χ1n) is 10.8. The molecule has 2 aliphatic heterocycles. The molecule has 140 valence electrons. The number of hydrogen-bond donors (Lipinski definition) is 0. The second kappa shape index (κ2) is 9.38. The third-order valence-corrected chi connectivity index (χ3v) is 14.1. The van der Waals surface area contributed by atoms with Gasteiger partial charge in [0.15, 0.2) is 0 Å². The van der Waals surface area contributed by atoms with Gasteiger partial charge < -0.3 is 9.47 Å². The summed E-state index contributed by atoms with van der Waals surface area (Å²) in [7, 11) is -1.97. The highest BCUT2D eigenvalue weighted by atomic mass is 28.3. The first-order valence-corrected chi connectivity index (χ1v) is 16.2. The summed E-state index contributed by atoms with van der Waals surface area (Å²) in [6, 6.07) is 1.44. The SMILES string of the molecule is CCB(CC)CC[SiH](C)C1(C2([SiH](C)C)CCCCO2)CCCCO1. The Morgan fingerprint density at radius 3 is 1.79 bits per heavy atom. The monoisotopic (exact) mass is 368 g/mol. The van der Waals surface area contributed by atoms with E-state index < -0.39 is 17.6 Å². The van der Waals surface area contributed by atoms with Gasteiger partial charge in [-0.3, -0.25) is 0 Å². The van der Waals surface area contributed by atoms with Gasteiger partial charge in [-0.1, -0.05) is 58.5 Å². The highest BCUT2D eigenvalue weighted by Crippen LogP contribution is 2.47. The van der Waals surface area contributed by atoms with Crippen LogP contribution < -0.4 is 0 Å². The van der Waals surface area contributed by atoms with Crippen molar-refractivity contribution in [3.63, 3.8) is 0 Å². The minimum absolute atomic E-state index is 0.130. The molecule has 0 bridgehead atoms. The van der Waals surface area contributed by atoms with Crippen LogP contribution in [0.3, 0.4) is 0 Å². The fourth-order valence-corrected chi connectivity index (χ4v) is 13.4. The van der Waals surface area contributed by atoms with E-state index in [1.165, 1.54) is 63.5 Å². The molecule has 5 heteroatoms. The van der Waals surface area contributed by atoms with Gasteiger partial charge in [-0.05, 0) is 38.5 Å². The molecule has 0 amide bonds. The lowest BCUT2D eigenvalue weighted by Crippen LogP contribution is -2.71. The molecule has 0 aliphatic carbocycles. The van der Waals surface area contributed by atoms with Gasteiger partial charge in [-0.25, -0.2) is 0 Å². The molecule has 2 saturated heterocycles. The van der Waals surface area contributed by atoms with Crippen LogP contribution >= 0.6 is 0 Å². The normalized spacial score (nSPS) is 32.8. The first-order chi connectivity index (χ1) is 11.5. The maximum Gasteiger partial charge on any atom is 0.139 e. The van der Waals surface area contributed by atoms with Crippen molar-refractivity contribution in [2.45, 2.75) is 107 Å². The number of rotatable bonds is 8. The van der Waals surface area contributed by atoms with Crippen LogP contribution in [-0.2, 0) is 9.47 Å². The van der Waals surface area contributed by atoms with Crippen LogP contribution in [-0.4, -0.2) is 48.0 Å². The first kappa shape index (κ1) is 20.7. The molecule has 0 spiro atoms. The van der Waals surface area contributed by atoms with Gasteiger partial charge in [0.05, 0.1) is 28.0 Å². The van der Waals surface area contributed by atoms with Gasteiger partial charge in [0.25, 0.3) is 0 Å². The fraction of sp³-hybridized carbons (Fsp3) is 1.00. The average molecular weight is 369 g/mol. The van der Waals surface area contributed by atoms with Crippen LogP contribution in [0.15, 0.2) is 0 Å². The summed E-state index contributed by atoms with van der Waals surface area (Å²) >= 11 is 0. The Morgan fingerprint density at radius 2 is 1.38 bits per heavy atom. The van der Waals surface area contributed by atoms with Crippen molar-refractivity contribution in [3.05, 3.63) is 0 Å². The highest BCUT2D eigenvalue weighted by Gasteiger charge is 2.59. The quantitative estimate of drug-likeness (QED) is 0.572. The summed E-state index contributed by atoms with van der Waals surface area (Å²) in [5, 5.41) is 0.267. The third kappa shape index (κ3) is 4.05. The molecule has 2 heterocycles. The second-order valence-electron chi connectivity index (χ2n) is 8.71. The summed E-state index contributed by atoms with van der Waals surface area (Å²) in [5.41, 5.74) is 0. The lowest BCUT2D eigenvalue weighted by molar-refractivity contribution is -0.164. The molecule has 0 N–H and O–H groups in total. The van der Waals surface area contributed by atoms with E-state index in [0.29, 0.717) is 0 Å². The van der Waals surface area contributed by atoms with Gasteiger partial charge in [-0.2, -0.15) is 0 Å². The van der Waals surface area contributed by atoms with E-state index in [4.69, 9.17) is 9.47 Å². The van der Waals surface area contributed by atoms with E-state index in [9.17, 15) is 0 Å². The predicted octanol–water partition coefficient (Wildman–Crippen LogP) is 4.82. The van der Waals surface area contributed by atoms with Crippen LogP contribution in [0.1, 0.15) is 52.4 Å². The van der Waals surface area contributed by atoms with Crippen molar-refractivity contribution in [1.82, 2.24) is 0 Å². The number of hydrogen-bond acceptors (Lipinski definition) is 2. The van der Waals surface area contributed by atoms with Crippen molar-refractivity contribution in [3.8, 4) is 0 Å². The fourth-order valence-electron chi connectivity index (χ4n) is 5.47. The van der Waals surface area contributed by atoms with Crippen molar-refractivity contribution in [1.29, 1.82) is 0 Å². The van der Waals surface area contributed by atoms with Crippen LogP contribution in [0.2, 0.25) is 44.6 Å². The average Bonchev–Trinajstić information content (AvgIpc) is 2.63. The van der Waals surface area contributed by atoms with Crippen molar-refractivity contribution in [2.24, 2.45) is 0 Å². The lowest BCUT2D eigenvalue weighted by atomic mass is 9.44. The third-order valence-electron chi connectivity index (χ3n) is 7.21. The Labute approximate surface area is 154 Å². The molecule has 0 aromatic heterocycles. The molecule has 0 aromatic rings. The zero-order chi connectivity index (χ0) is 17.6. The van der Waals surface area contributed by atoms with Gasteiger partial charge in [0.2, 0.25) is 0 Å². The second-order valence-corrected chi connectivity index (χ2v) is 15.3. The molecule has 2 nitrogen and oxygen atoms in total. The zero-order valence-electron chi connectivity index (χ0n) is 17.0. The molecule has 2 fully saturated rings. The van der Waals surface area contributed by atoms with E-state index in [1.54, 1.807) is 0 Å². The smallest absolute Gasteiger partial charge is 0.139 e. The molecule has 3 atom stereocenters. The van der Waals surface area contributed by atoms with E-state index in [-0.39, 0.29) is 10.4 Å². The minimum atomic E-state index is -1.01. The van der Waals surface area contributed by atoms with Crippen molar-refractivity contribution >= 4 is 24.3 Å². The molecule has 3 unspecified atom stereocenters. The molecule has 2 aliphatic rings. The zero-order valence-corrected chi connectivity index (χ0v) is 19.3. The van der Waals surface area contributed by atoms with Gasteiger partial charge >= 0.3 is 0 Å². The number of ether oxygens (including phenoxy) is 2. The van der Waals surface area contributed by atoms with Crippen LogP contribution in [0.5, 0.6) is 0 Å². The van der Waals surface area contributed by atoms with Gasteiger partial charge in [0.1, 0.15) is 6.71 Å². The Kier molecular flexibility index (Phi) is 8.10. The molecular formula is C19H41BO2Si2. The summed E-state index contributed by atoms with van der Waals surface area (Å²) in [5.74, 6) is 0.